The van der Waals surface area contributed by atoms with Crippen molar-refractivity contribution in [3.8, 4) is 0 Å². The summed E-state index contributed by atoms with van der Waals surface area (Å²) in [6.45, 7) is 8.12. The van der Waals surface area contributed by atoms with Crippen molar-refractivity contribution in [1.82, 2.24) is 14.5 Å². The van der Waals surface area contributed by atoms with Crippen LogP contribution in [0, 0.1) is 0 Å². The topological polar surface area (TPSA) is 67.2 Å². The van der Waals surface area contributed by atoms with Crippen molar-refractivity contribution >= 4 is 44.7 Å². The highest BCUT2D eigenvalue weighted by Gasteiger charge is 2.27. The number of carbonyl (C=O) groups excluding carboxylic acids is 1. The smallest absolute Gasteiger partial charge is 0.263 e. The van der Waals surface area contributed by atoms with E-state index in [2.05, 4.69) is 24.1 Å². The molecule has 8 heteroatoms. The van der Waals surface area contributed by atoms with Gasteiger partial charge in [0, 0.05) is 4.88 Å². The number of fused-ring (bicyclic) bond motifs is 3. The Labute approximate surface area is 197 Å². The third-order valence-electron chi connectivity index (χ3n) is 6.25. The van der Waals surface area contributed by atoms with E-state index in [4.69, 9.17) is 16.6 Å². The number of amides is 1. The van der Waals surface area contributed by atoms with Crippen molar-refractivity contribution < 1.29 is 4.79 Å². The third kappa shape index (κ3) is 4.34. The van der Waals surface area contributed by atoms with Crippen LogP contribution in [0.25, 0.3) is 10.2 Å². The van der Waals surface area contributed by atoms with E-state index in [0.717, 1.165) is 49.2 Å². The molecule has 0 radical (unpaired) electrons. The molecule has 0 saturated carbocycles. The number of rotatable bonds is 7. The van der Waals surface area contributed by atoms with Gasteiger partial charge in [0.05, 0.1) is 22.6 Å². The number of para-hydroxylation sites is 1. The summed E-state index contributed by atoms with van der Waals surface area (Å²) in [4.78, 5) is 36.2. The van der Waals surface area contributed by atoms with Crippen LogP contribution < -0.4 is 10.9 Å². The van der Waals surface area contributed by atoms with Gasteiger partial charge in [-0.15, -0.1) is 11.3 Å². The number of hydrogen-bond acceptors (Lipinski definition) is 5. The Morgan fingerprint density at radius 1 is 1.25 bits per heavy atom. The Morgan fingerprint density at radius 3 is 2.69 bits per heavy atom. The van der Waals surface area contributed by atoms with Crippen molar-refractivity contribution in [3.63, 3.8) is 0 Å². The molecule has 1 unspecified atom stereocenters. The molecule has 0 saturated heterocycles. The summed E-state index contributed by atoms with van der Waals surface area (Å²) in [6, 6.07) is 6.38. The maximum atomic E-state index is 13.8. The Bertz CT molecular complexity index is 1200. The fourth-order valence-electron chi connectivity index (χ4n) is 4.33. The Hall–Kier alpha value is -2.22. The van der Waals surface area contributed by atoms with Crippen LogP contribution in [-0.4, -0.2) is 33.4 Å². The summed E-state index contributed by atoms with van der Waals surface area (Å²) in [5, 5.41) is 4.04. The number of benzene rings is 1. The monoisotopic (exact) mass is 472 g/mol. The van der Waals surface area contributed by atoms with Gasteiger partial charge in [-0.3, -0.25) is 19.1 Å². The third-order valence-corrected chi connectivity index (χ3v) is 7.77. The molecular formula is C24H29ClN4O2S. The molecule has 0 fully saturated rings. The standard InChI is InChI=1S/C24H29ClN4O2S/c1-4-28(5-2)14-20-27-23-21(16-10-6-9-13-19(16)32-23)24(31)29(20)15(3)22(30)26-18-12-8-7-11-17(18)25/h7-8,11-12,15H,4-6,9-10,13-14H2,1-3H3,(H,26,30). The lowest BCUT2D eigenvalue weighted by atomic mass is 9.97. The van der Waals surface area contributed by atoms with Crippen molar-refractivity contribution in [1.29, 1.82) is 0 Å². The van der Waals surface area contributed by atoms with Crippen LogP contribution in [0.1, 0.15) is 55.9 Å². The molecule has 1 N–H and O–H groups in total. The molecule has 32 heavy (non-hydrogen) atoms. The van der Waals surface area contributed by atoms with Crippen molar-refractivity contribution in [2.45, 2.75) is 59.0 Å². The molecule has 0 spiro atoms. The van der Waals surface area contributed by atoms with Gasteiger partial charge >= 0.3 is 0 Å². The van der Waals surface area contributed by atoms with Gasteiger partial charge < -0.3 is 5.32 Å². The first-order valence-corrected chi connectivity index (χ1v) is 12.5. The summed E-state index contributed by atoms with van der Waals surface area (Å²) in [5.41, 5.74) is 1.56. The van der Waals surface area contributed by atoms with Gasteiger partial charge in [0.25, 0.3) is 5.56 Å². The number of hydrogen-bond donors (Lipinski definition) is 1. The van der Waals surface area contributed by atoms with Crippen LogP contribution in [-0.2, 0) is 24.2 Å². The fraction of sp³-hybridized carbons (Fsp3) is 0.458. The summed E-state index contributed by atoms with van der Waals surface area (Å²) < 4.78 is 1.59. The van der Waals surface area contributed by atoms with Crippen LogP contribution in [0.4, 0.5) is 5.69 Å². The Balaban J connectivity index is 1.81. The number of aryl methyl sites for hydroxylation is 2. The first-order chi connectivity index (χ1) is 15.4. The number of carbonyl (C=O) groups is 1. The highest BCUT2D eigenvalue weighted by atomic mass is 35.5. The fourth-order valence-corrected chi connectivity index (χ4v) is 5.79. The van der Waals surface area contributed by atoms with E-state index in [0.29, 0.717) is 28.5 Å². The molecule has 2 aromatic heterocycles. The molecule has 3 aromatic rings. The molecule has 1 aromatic carbocycles. The van der Waals surface area contributed by atoms with Crippen LogP contribution in [0.2, 0.25) is 5.02 Å². The Morgan fingerprint density at radius 2 is 1.97 bits per heavy atom. The minimum atomic E-state index is -0.722. The number of halogens is 1. The molecule has 2 heterocycles. The van der Waals surface area contributed by atoms with Gasteiger partial charge in [-0.1, -0.05) is 37.6 Å². The molecule has 1 aliphatic rings. The van der Waals surface area contributed by atoms with Gasteiger partial charge in [-0.25, -0.2) is 4.98 Å². The number of aromatic nitrogens is 2. The largest absolute Gasteiger partial charge is 0.323 e. The zero-order valence-corrected chi connectivity index (χ0v) is 20.4. The molecule has 1 amide bonds. The van der Waals surface area contributed by atoms with Crippen LogP contribution in [0.15, 0.2) is 29.1 Å². The second kappa shape index (κ2) is 9.73. The SMILES string of the molecule is CCN(CC)Cc1nc2sc3c(c2c(=O)n1C(C)C(=O)Nc1ccccc1Cl)CCCC3. The van der Waals surface area contributed by atoms with Gasteiger partial charge in [0.15, 0.2) is 0 Å². The Kier molecular flexibility index (Phi) is 6.98. The first kappa shape index (κ1) is 23.0. The van der Waals surface area contributed by atoms with Gasteiger partial charge in [-0.2, -0.15) is 0 Å². The highest BCUT2D eigenvalue weighted by molar-refractivity contribution is 7.18. The van der Waals surface area contributed by atoms with Crippen LogP contribution in [0.5, 0.6) is 0 Å². The summed E-state index contributed by atoms with van der Waals surface area (Å²) in [5.74, 6) is 0.345. The van der Waals surface area contributed by atoms with E-state index in [1.807, 2.05) is 12.1 Å². The normalized spacial score (nSPS) is 14.5. The van der Waals surface area contributed by atoms with Gasteiger partial charge in [-0.05, 0) is 63.4 Å². The molecular weight excluding hydrogens is 444 g/mol. The van der Waals surface area contributed by atoms with Crippen molar-refractivity contribution in [2.24, 2.45) is 0 Å². The summed E-state index contributed by atoms with van der Waals surface area (Å²) in [7, 11) is 0. The van der Waals surface area contributed by atoms with Crippen LogP contribution in [0.3, 0.4) is 0 Å². The van der Waals surface area contributed by atoms with E-state index in [1.165, 1.54) is 4.88 Å². The van der Waals surface area contributed by atoms with E-state index in [1.54, 1.807) is 35.0 Å². The second-order valence-electron chi connectivity index (χ2n) is 8.20. The molecule has 4 rings (SSSR count). The predicted molar refractivity (Wildman–Crippen MR) is 132 cm³/mol. The lowest BCUT2D eigenvalue weighted by Gasteiger charge is -2.23. The maximum absolute atomic E-state index is 13.8. The lowest BCUT2D eigenvalue weighted by molar-refractivity contribution is -0.119. The van der Waals surface area contributed by atoms with E-state index in [-0.39, 0.29) is 11.5 Å². The quantitative estimate of drug-likeness (QED) is 0.523. The average Bonchev–Trinajstić information content (AvgIpc) is 3.17. The molecule has 0 bridgehead atoms. The predicted octanol–water partition coefficient (Wildman–Crippen LogP) is 5.03. The molecule has 170 valence electrons. The zero-order chi connectivity index (χ0) is 22.8. The average molecular weight is 473 g/mol. The number of thiophene rings is 1. The summed E-state index contributed by atoms with van der Waals surface area (Å²) >= 11 is 7.87. The van der Waals surface area contributed by atoms with Gasteiger partial charge in [0.1, 0.15) is 16.7 Å². The lowest BCUT2D eigenvalue weighted by Crippen LogP contribution is -2.37. The zero-order valence-electron chi connectivity index (χ0n) is 18.8. The molecule has 0 aliphatic heterocycles. The van der Waals surface area contributed by atoms with E-state index < -0.39 is 6.04 Å². The van der Waals surface area contributed by atoms with E-state index >= 15 is 0 Å². The first-order valence-electron chi connectivity index (χ1n) is 11.3. The van der Waals surface area contributed by atoms with Crippen molar-refractivity contribution in [3.05, 3.63) is 55.9 Å². The number of anilines is 1. The number of nitrogens with zero attached hydrogens (tertiary/aromatic N) is 3. The summed E-state index contributed by atoms with van der Waals surface area (Å²) in [6.07, 6.45) is 4.14. The van der Waals surface area contributed by atoms with Crippen LogP contribution >= 0.6 is 22.9 Å². The van der Waals surface area contributed by atoms with E-state index in [9.17, 15) is 9.59 Å². The maximum Gasteiger partial charge on any atom is 0.263 e. The second-order valence-corrected chi connectivity index (χ2v) is 9.69. The van der Waals surface area contributed by atoms with Crippen molar-refractivity contribution in [2.75, 3.05) is 18.4 Å². The molecule has 1 atom stereocenters. The van der Waals surface area contributed by atoms with Gasteiger partial charge in [0.2, 0.25) is 5.91 Å². The minimum Gasteiger partial charge on any atom is -0.323 e. The number of nitrogens with one attached hydrogen (secondary N) is 1. The minimum absolute atomic E-state index is 0.113. The highest BCUT2D eigenvalue weighted by Crippen LogP contribution is 2.34. The molecule has 1 aliphatic carbocycles. The molecule has 6 nitrogen and oxygen atoms in total.